The van der Waals surface area contributed by atoms with Crippen LogP contribution in [0.5, 0.6) is 0 Å². The Labute approximate surface area is 125 Å². The van der Waals surface area contributed by atoms with Gasteiger partial charge in [-0.15, -0.1) is 0 Å². The Morgan fingerprint density at radius 3 is 2.19 bits per heavy atom. The van der Waals surface area contributed by atoms with Gasteiger partial charge in [0.2, 0.25) is 0 Å². The van der Waals surface area contributed by atoms with Gasteiger partial charge in [-0.2, -0.15) is 0 Å². The molecule has 0 aliphatic heterocycles. The van der Waals surface area contributed by atoms with E-state index in [1.54, 1.807) is 0 Å². The van der Waals surface area contributed by atoms with Gasteiger partial charge in [-0.05, 0) is 24.5 Å². The Morgan fingerprint density at radius 2 is 1.62 bits per heavy atom. The molecular weight excluding hydrogens is 262 g/mol. The molecule has 0 fully saturated rings. The van der Waals surface area contributed by atoms with Gasteiger partial charge in [0, 0.05) is 6.54 Å². The Morgan fingerprint density at radius 1 is 1.05 bits per heavy atom. The van der Waals surface area contributed by atoms with Crippen LogP contribution in [0.2, 0.25) is 0 Å². The minimum absolute atomic E-state index is 0.0613. The molecule has 21 heavy (non-hydrogen) atoms. The van der Waals surface area contributed by atoms with Crippen molar-refractivity contribution in [3.63, 3.8) is 0 Å². The maximum absolute atomic E-state index is 11.2. The fraction of sp³-hybridized carbons (Fsp3) is 0.278. The highest BCUT2D eigenvalue weighted by Crippen LogP contribution is 2.24. The molecule has 0 saturated heterocycles. The van der Waals surface area contributed by atoms with Crippen molar-refractivity contribution >= 4 is 5.97 Å². The van der Waals surface area contributed by atoms with E-state index in [0.29, 0.717) is 0 Å². The number of hydrogen-bond acceptors (Lipinski definition) is 2. The molecule has 2 aromatic carbocycles. The van der Waals surface area contributed by atoms with Gasteiger partial charge in [0.1, 0.15) is 0 Å². The maximum atomic E-state index is 11.2. The van der Waals surface area contributed by atoms with Crippen molar-refractivity contribution in [1.29, 1.82) is 0 Å². The molecule has 1 atom stereocenters. The minimum atomic E-state index is -0.798. The highest BCUT2D eigenvalue weighted by molar-refractivity contribution is 5.68. The van der Waals surface area contributed by atoms with Gasteiger partial charge in [-0.3, -0.25) is 4.79 Å². The van der Waals surface area contributed by atoms with Crippen LogP contribution in [0.15, 0.2) is 60.7 Å². The van der Waals surface area contributed by atoms with E-state index in [0.717, 1.165) is 18.5 Å². The first-order valence-electron chi connectivity index (χ1n) is 7.16. The Kier molecular flexibility index (Phi) is 5.12. The maximum Gasteiger partial charge on any atom is 0.305 e. The van der Waals surface area contributed by atoms with E-state index in [1.807, 2.05) is 55.5 Å². The standard InChI is InChI=1S/C18H21NO2/c1-18(14-17(20)21,16-10-6-3-7-11-16)19-13-12-15-8-4-2-5-9-15/h2-11,19H,12-14H2,1H3,(H,20,21). The van der Waals surface area contributed by atoms with E-state index in [-0.39, 0.29) is 6.42 Å². The highest BCUT2D eigenvalue weighted by Gasteiger charge is 2.28. The molecule has 110 valence electrons. The van der Waals surface area contributed by atoms with Crippen LogP contribution in [0.25, 0.3) is 0 Å². The predicted octanol–water partition coefficient (Wildman–Crippen LogP) is 3.21. The molecule has 0 radical (unpaired) electrons. The number of hydrogen-bond donors (Lipinski definition) is 2. The summed E-state index contributed by atoms with van der Waals surface area (Å²) < 4.78 is 0. The van der Waals surface area contributed by atoms with E-state index in [4.69, 9.17) is 0 Å². The topological polar surface area (TPSA) is 49.3 Å². The number of nitrogens with one attached hydrogen (secondary N) is 1. The minimum Gasteiger partial charge on any atom is -0.481 e. The third kappa shape index (κ3) is 4.43. The second-order valence-electron chi connectivity index (χ2n) is 5.43. The number of benzene rings is 2. The van der Waals surface area contributed by atoms with Crippen LogP contribution >= 0.6 is 0 Å². The fourth-order valence-corrected chi connectivity index (χ4v) is 2.50. The van der Waals surface area contributed by atoms with Gasteiger partial charge in [0.25, 0.3) is 0 Å². The van der Waals surface area contributed by atoms with Crippen molar-refractivity contribution in [1.82, 2.24) is 5.32 Å². The van der Waals surface area contributed by atoms with Crippen molar-refractivity contribution in [2.75, 3.05) is 6.54 Å². The lowest BCUT2D eigenvalue weighted by Crippen LogP contribution is -2.42. The largest absolute Gasteiger partial charge is 0.481 e. The molecule has 1 unspecified atom stereocenters. The van der Waals surface area contributed by atoms with Crippen LogP contribution < -0.4 is 5.32 Å². The highest BCUT2D eigenvalue weighted by atomic mass is 16.4. The van der Waals surface area contributed by atoms with Crippen LogP contribution in [0.3, 0.4) is 0 Å². The SMILES string of the molecule is CC(CC(=O)O)(NCCc1ccccc1)c1ccccc1. The third-order valence-corrected chi connectivity index (χ3v) is 3.69. The van der Waals surface area contributed by atoms with Gasteiger partial charge < -0.3 is 10.4 Å². The van der Waals surface area contributed by atoms with Crippen LogP contribution in [0.4, 0.5) is 0 Å². The zero-order valence-corrected chi connectivity index (χ0v) is 12.3. The summed E-state index contributed by atoms with van der Waals surface area (Å²) in [6, 6.07) is 20.0. The van der Waals surface area contributed by atoms with Crippen LogP contribution in [0.1, 0.15) is 24.5 Å². The monoisotopic (exact) mass is 283 g/mol. The van der Waals surface area contributed by atoms with Crippen molar-refractivity contribution in [2.45, 2.75) is 25.3 Å². The molecule has 2 aromatic rings. The van der Waals surface area contributed by atoms with Crippen molar-refractivity contribution < 1.29 is 9.90 Å². The molecule has 2 N–H and O–H groups in total. The van der Waals surface area contributed by atoms with Gasteiger partial charge >= 0.3 is 5.97 Å². The fourth-order valence-electron chi connectivity index (χ4n) is 2.50. The predicted molar refractivity (Wildman–Crippen MR) is 84.2 cm³/mol. The summed E-state index contributed by atoms with van der Waals surface area (Å²) in [5.41, 5.74) is 1.69. The zero-order chi connectivity index (χ0) is 15.1. The number of rotatable bonds is 7. The third-order valence-electron chi connectivity index (χ3n) is 3.69. The molecule has 0 heterocycles. The van der Waals surface area contributed by atoms with Crippen LogP contribution in [-0.4, -0.2) is 17.6 Å². The number of carboxylic acid groups (broad SMARTS) is 1. The molecule has 3 nitrogen and oxygen atoms in total. The molecule has 0 bridgehead atoms. The van der Waals surface area contributed by atoms with Gasteiger partial charge in [0.05, 0.1) is 12.0 Å². The molecular formula is C18H21NO2. The smallest absolute Gasteiger partial charge is 0.305 e. The number of carbonyl (C=O) groups is 1. The quantitative estimate of drug-likeness (QED) is 0.820. The van der Waals surface area contributed by atoms with Crippen molar-refractivity contribution in [3.05, 3.63) is 71.8 Å². The lowest BCUT2D eigenvalue weighted by molar-refractivity contribution is -0.138. The lowest BCUT2D eigenvalue weighted by atomic mass is 9.88. The average molecular weight is 283 g/mol. The normalized spacial score (nSPS) is 13.6. The summed E-state index contributed by atoms with van der Waals surface area (Å²) in [6.07, 6.45) is 0.939. The molecule has 0 amide bonds. The van der Waals surface area contributed by atoms with Gasteiger partial charge in [0.15, 0.2) is 0 Å². The molecule has 0 saturated carbocycles. The summed E-state index contributed by atoms with van der Waals surface area (Å²) in [7, 11) is 0. The summed E-state index contributed by atoms with van der Waals surface area (Å²) in [4.78, 5) is 11.2. The summed E-state index contributed by atoms with van der Waals surface area (Å²) in [6.45, 7) is 2.68. The average Bonchev–Trinajstić information content (AvgIpc) is 2.48. The van der Waals surface area contributed by atoms with E-state index in [2.05, 4.69) is 17.4 Å². The van der Waals surface area contributed by atoms with E-state index in [9.17, 15) is 9.90 Å². The summed E-state index contributed by atoms with van der Waals surface area (Å²) >= 11 is 0. The van der Waals surface area contributed by atoms with Crippen LogP contribution in [0, 0.1) is 0 Å². The van der Waals surface area contributed by atoms with E-state index < -0.39 is 11.5 Å². The lowest BCUT2D eigenvalue weighted by Gasteiger charge is -2.30. The molecule has 0 aliphatic carbocycles. The Balaban J connectivity index is 2.05. The van der Waals surface area contributed by atoms with Crippen LogP contribution in [-0.2, 0) is 16.8 Å². The molecule has 2 rings (SSSR count). The zero-order valence-electron chi connectivity index (χ0n) is 12.3. The Bertz CT molecular complexity index is 568. The molecule has 0 aliphatic rings. The first-order valence-corrected chi connectivity index (χ1v) is 7.16. The Hall–Kier alpha value is -2.13. The van der Waals surface area contributed by atoms with Gasteiger partial charge in [-0.25, -0.2) is 0 Å². The second-order valence-corrected chi connectivity index (χ2v) is 5.43. The van der Waals surface area contributed by atoms with E-state index >= 15 is 0 Å². The van der Waals surface area contributed by atoms with Crippen molar-refractivity contribution in [2.24, 2.45) is 0 Å². The molecule has 0 spiro atoms. The summed E-state index contributed by atoms with van der Waals surface area (Å²) in [5, 5.41) is 12.6. The van der Waals surface area contributed by atoms with Crippen molar-refractivity contribution in [3.8, 4) is 0 Å². The number of carboxylic acids is 1. The molecule has 0 aromatic heterocycles. The molecule has 3 heteroatoms. The first-order chi connectivity index (χ1) is 10.1. The van der Waals surface area contributed by atoms with Gasteiger partial charge in [-0.1, -0.05) is 60.7 Å². The second kappa shape index (κ2) is 7.04. The van der Waals surface area contributed by atoms with E-state index in [1.165, 1.54) is 5.56 Å². The summed E-state index contributed by atoms with van der Waals surface area (Å²) in [5.74, 6) is -0.798. The first kappa shape index (κ1) is 15.3. The number of aliphatic carboxylic acids is 1.